The third-order valence-electron chi connectivity index (χ3n) is 2.56. The first-order valence-corrected chi connectivity index (χ1v) is 6.25. The van der Waals surface area contributed by atoms with Gasteiger partial charge in [0.15, 0.2) is 0 Å². The van der Waals surface area contributed by atoms with Crippen molar-refractivity contribution < 1.29 is 28.2 Å². The summed E-state index contributed by atoms with van der Waals surface area (Å²) in [5, 5.41) is 10.5. The number of ether oxygens (including phenoxy) is 1. The number of hydrogen-bond acceptors (Lipinski definition) is 3. The van der Waals surface area contributed by atoms with Gasteiger partial charge in [-0.3, -0.25) is 5.32 Å². The number of halogens is 3. The van der Waals surface area contributed by atoms with Crippen LogP contribution >= 0.6 is 15.9 Å². The Morgan fingerprint density at radius 2 is 1.90 bits per heavy atom. The molecule has 1 atom stereocenters. The molecule has 1 amide bonds. The van der Waals surface area contributed by atoms with Crippen LogP contribution < -0.4 is 5.32 Å². The summed E-state index contributed by atoms with van der Waals surface area (Å²) in [7, 11) is 0. The summed E-state index contributed by atoms with van der Waals surface area (Å²) in [5.74, 6) is -1.89. The Morgan fingerprint density at radius 1 is 1.35 bits per heavy atom. The second kappa shape index (κ2) is 6.17. The molecule has 0 heterocycles. The van der Waals surface area contributed by atoms with Crippen LogP contribution in [0.5, 0.6) is 0 Å². The molecule has 110 valence electrons. The van der Waals surface area contributed by atoms with Gasteiger partial charge in [0.1, 0.15) is 6.61 Å². The minimum absolute atomic E-state index is 0.157. The number of benzene rings is 1. The molecule has 1 rings (SSSR count). The SMILES string of the molecule is CC(NC(=O)OCc1ccccc1)(C(=O)O)C(F)(F)Br. The van der Waals surface area contributed by atoms with Crippen LogP contribution in [0.2, 0.25) is 0 Å². The highest BCUT2D eigenvalue weighted by Crippen LogP contribution is 2.35. The van der Waals surface area contributed by atoms with Gasteiger partial charge < -0.3 is 9.84 Å². The fourth-order valence-corrected chi connectivity index (χ4v) is 1.48. The Bertz CT molecular complexity index is 492. The maximum atomic E-state index is 13.2. The molecule has 5 nitrogen and oxygen atoms in total. The molecule has 1 unspecified atom stereocenters. The lowest BCUT2D eigenvalue weighted by atomic mass is 10.0. The molecule has 1 aromatic rings. The quantitative estimate of drug-likeness (QED) is 0.799. The van der Waals surface area contributed by atoms with Gasteiger partial charge >= 0.3 is 16.9 Å². The zero-order valence-electron chi connectivity index (χ0n) is 10.4. The van der Waals surface area contributed by atoms with E-state index in [1.54, 1.807) is 35.6 Å². The number of carbonyl (C=O) groups excluding carboxylic acids is 1. The number of alkyl carbamates (subject to hydrolysis) is 1. The van der Waals surface area contributed by atoms with Gasteiger partial charge in [0, 0.05) is 0 Å². The summed E-state index contributed by atoms with van der Waals surface area (Å²) in [6.07, 6.45) is -1.25. The Balaban J connectivity index is 2.67. The van der Waals surface area contributed by atoms with E-state index in [0.717, 1.165) is 0 Å². The lowest BCUT2D eigenvalue weighted by molar-refractivity contribution is -0.152. The molecule has 0 aliphatic heterocycles. The lowest BCUT2D eigenvalue weighted by Crippen LogP contribution is -2.61. The van der Waals surface area contributed by atoms with E-state index in [1.165, 1.54) is 0 Å². The fraction of sp³-hybridized carbons (Fsp3) is 0.333. The molecule has 0 bridgehead atoms. The summed E-state index contributed by atoms with van der Waals surface area (Å²) < 4.78 is 31.1. The van der Waals surface area contributed by atoms with E-state index in [0.29, 0.717) is 12.5 Å². The number of carboxylic acid groups (broad SMARTS) is 1. The summed E-state index contributed by atoms with van der Waals surface area (Å²) in [6, 6.07) is 8.52. The number of aliphatic carboxylic acids is 1. The van der Waals surface area contributed by atoms with Gasteiger partial charge in [-0.05, 0) is 28.4 Å². The molecule has 8 heteroatoms. The minimum atomic E-state index is -3.84. The Hall–Kier alpha value is -1.70. The van der Waals surface area contributed by atoms with Crippen molar-refractivity contribution in [3.05, 3.63) is 35.9 Å². The number of nitrogens with one attached hydrogen (secondary N) is 1. The number of carboxylic acids is 1. The van der Waals surface area contributed by atoms with E-state index in [9.17, 15) is 18.4 Å². The number of rotatable bonds is 5. The molecule has 0 aromatic heterocycles. The third kappa shape index (κ3) is 3.89. The highest BCUT2D eigenvalue weighted by Gasteiger charge is 2.56. The molecule has 1 aromatic carbocycles. The van der Waals surface area contributed by atoms with Gasteiger partial charge in [0.05, 0.1) is 0 Å². The Morgan fingerprint density at radius 3 is 2.35 bits per heavy atom. The van der Waals surface area contributed by atoms with E-state index < -0.39 is 22.4 Å². The lowest BCUT2D eigenvalue weighted by Gasteiger charge is -2.29. The number of carbonyl (C=O) groups is 2. The third-order valence-corrected chi connectivity index (χ3v) is 3.35. The summed E-state index contributed by atoms with van der Waals surface area (Å²) in [5.41, 5.74) is -2.17. The van der Waals surface area contributed by atoms with Crippen molar-refractivity contribution in [2.75, 3.05) is 0 Å². The first-order chi connectivity index (χ1) is 9.17. The summed E-state index contributed by atoms with van der Waals surface area (Å²) >= 11 is 1.94. The summed E-state index contributed by atoms with van der Waals surface area (Å²) in [6.45, 7) is 0.518. The van der Waals surface area contributed by atoms with Crippen molar-refractivity contribution in [3.63, 3.8) is 0 Å². The van der Waals surface area contributed by atoms with E-state index >= 15 is 0 Å². The predicted molar refractivity (Wildman–Crippen MR) is 69.7 cm³/mol. The predicted octanol–water partition coefficient (Wildman–Crippen LogP) is 2.74. The normalized spacial score (nSPS) is 14.2. The molecule has 20 heavy (non-hydrogen) atoms. The van der Waals surface area contributed by atoms with Crippen molar-refractivity contribution in [2.45, 2.75) is 23.9 Å². The van der Waals surface area contributed by atoms with Crippen LogP contribution in [-0.2, 0) is 16.1 Å². The molecule has 0 saturated carbocycles. The van der Waals surface area contributed by atoms with Crippen LogP contribution in [0.15, 0.2) is 30.3 Å². The number of amides is 1. The second-order valence-corrected chi connectivity index (χ2v) is 5.11. The summed E-state index contributed by atoms with van der Waals surface area (Å²) in [4.78, 5) is 18.5. The molecule has 0 saturated heterocycles. The van der Waals surface area contributed by atoms with Gasteiger partial charge in [-0.1, -0.05) is 30.3 Å². The standard InChI is InChI=1S/C12H12BrF2NO4/c1-11(9(17)18,12(13,14)15)16-10(19)20-7-8-5-3-2-4-6-8/h2-6H,7H2,1H3,(H,16,19)(H,17,18). The van der Waals surface area contributed by atoms with Crippen molar-refractivity contribution in [2.24, 2.45) is 0 Å². The molecule has 0 aliphatic rings. The number of hydrogen-bond donors (Lipinski definition) is 2. The van der Waals surface area contributed by atoms with Gasteiger partial charge in [-0.2, -0.15) is 8.78 Å². The highest BCUT2D eigenvalue weighted by molar-refractivity contribution is 9.10. The van der Waals surface area contributed by atoms with Gasteiger partial charge in [0.2, 0.25) is 5.54 Å². The van der Waals surface area contributed by atoms with Crippen molar-refractivity contribution in [1.29, 1.82) is 0 Å². The monoisotopic (exact) mass is 351 g/mol. The highest BCUT2D eigenvalue weighted by atomic mass is 79.9. The number of alkyl halides is 3. The van der Waals surface area contributed by atoms with E-state index in [2.05, 4.69) is 0 Å². The first-order valence-electron chi connectivity index (χ1n) is 5.46. The van der Waals surface area contributed by atoms with Gasteiger partial charge in [-0.15, -0.1) is 0 Å². The van der Waals surface area contributed by atoms with Crippen LogP contribution in [0.4, 0.5) is 13.6 Å². The maximum Gasteiger partial charge on any atom is 0.408 e. The molecular formula is C12H12BrF2NO4. The Labute approximate surface area is 122 Å². The largest absolute Gasteiger partial charge is 0.479 e. The van der Waals surface area contributed by atoms with E-state index in [-0.39, 0.29) is 6.61 Å². The van der Waals surface area contributed by atoms with Crippen LogP contribution in [-0.4, -0.2) is 27.5 Å². The molecule has 0 fully saturated rings. The molecular weight excluding hydrogens is 340 g/mol. The topological polar surface area (TPSA) is 75.6 Å². The zero-order chi connectivity index (χ0) is 15.4. The van der Waals surface area contributed by atoms with Crippen molar-refractivity contribution in [3.8, 4) is 0 Å². The fourth-order valence-electron chi connectivity index (χ4n) is 1.21. The van der Waals surface area contributed by atoms with Crippen molar-refractivity contribution in [1.82, 2.24) is 5.32 Å². The minimum Gasteiger partial charge on any atom is -0.479 e. The average molecular weight is 352 g/mol. The van der Waals surface area contributed by atoms with Crippen LogP contribution in [0.25, 0.3) is 0 Å². The maximum absolute atomic E-state index is 13.2. The molecule has 0 spiro atoms. The van der Waals surface area contributed by atoms with E-state index in [4.69, 9.17) is 9.84 Å². The smallest absolute Gasteiger partial charge is 0.408 e. The van der Waals surface area contributed by atoms with Gasteiger partial charge in [0.25, 0.3) is 0 Å². The second-order valence-electron chi connectivity index (χ2n) is 4.11. The average Bonchev–Trinajstić information content (AvgIpc) is 2.36. The van der Waals surface area contributed by atoms with E-state index in [1.807, 2.05) is 15.9 Å². The van der Waals surface area contributed by atoms with Crippen LogP contribution in [0.3, 0.4) is 0 Å². The molecule has 0 aliphatic carbocycles. The zero-order valence-corrected chi connectivity index (χ0v) is 12.0. The Kier molecular flexibility index (Phi) is 5.04. The van der Waals surface area contributed by atoms with Crippen LogP contribution in [0.1, 0.15) is 12.5 Å². The van der Waals surface area contributed by atoms with Crippen LogP contribution in [0, 0.1) is 0 Å². The van der Waals surface area contributed by atoms with Crippen molar-refractivity contribution >= 4 is 28.0 Å². The molecule has 0 radical (unpaired) electrons. The molecule has 2 N–H and O–H groups in total. The first kappa shape index (κ1) is 16.4. The van der Waals surface area contributed by atoms with Gasteiger partial charge in [-0.25, -0.2) is 9.59 Å².